The fraction of sp³-hybridized carbons (Fsp3) is 0.280. The first kappa shape index (κ1) is 22.0. The number of nitrogens with zero attached hydrogens (tertiary/aromatic N) is 2. The Hall–Kier alpha value is -2.81. The number of rotatable bonds is 5. The summed E-state index contributed by atoms with van der Waals surface area (Å²) >= 11 is 1.34. The quantitative estimate of drug-likeness (QED) is 0.523. The molecule has 0 bridgehead atoms. The van der Waals surface area contributed by atoms with E-state index in [4.69, 9.17) is 0 Å². The van der Waals surface area contributed by atoms with Crippen LogP contribution < -0.4 is 0 Å². The average molecular weight is 481 g/mol. The summed E-state index contributed by atoms with van der Waals surface area (Å²) in [7, 11) is -3.61. The summed E-state index contributed by atoms with van der Waals surface area (Å²) in [6.45, 7) is 1.02. The number of carbonyl (C=O) groups is 2. The minimum absolute atomic E-state index is 0.174. The number of thiophene rings is 1. The highest BCUT2D eigenvalue weighted by molar-refractivity contribution is 7.89. The molecule has 1 saturated heterocycles. The SMILES string of the molecule is O=C(c1cccs1)c1ccccc1C(=O)N1CCN(S(=O)(=O)c2ccc3c(c2)CCC3)CC1. The van der Waals surface area contributed by atoms with Crippen LogP contribution in [-0.4, -0.2) is 55.5 Å². The largest absolute Gasteiger partial charge is 0.336 e. The molecule has 5 rings (SSSR count). The molecule has 2 heterocycles. The first-order valence-corrected chi connectivity index (χ1v) is 13.4. The molecule has 0 spiro atoms. The molecule has 0 radical (unpaired) electrons. The number of aryl methyl sites for hydroxylation is 2. The second-order valence-corrected chi connectivity index (χ2v) is 11.2. The lowest BCUT2D eigenvalue weighted by Crippen LogP contribution is -2.50. The van der Waals surface area contributed by atoms with Crippen LogP contribution in [0.1, 0.15) is 43.1 Å². The van der Waals surface area contributed by atoms with Crippen molar-refractivity contribution in [3.8, 4) is 0 Å². The van der Waals surface area contributed by atoms with E-state index in [9.17, 15) is 18.0 Å². The zero-order valence-electron chi connectivity index (χ0n) is 18.1. The normalized spacial score (nSPS) is 16.5. The maximum Gasteiger partial charge on any atom is 0.254 e. The number of amides is 1. The number of hydrogen-bond acceptors (Lipinski definition) is 5. The van der Waals surface area contributed by atoms with E-state index in [0.717, 1.165) is 24.8 Å². The third kappa shape index (κ3) is 4.14. The maximum absolute atomic E-state index is 13.3. The first-order chi connectivity index (χ1) is 15.9. The molecule has 0 saturated carbocycles. The maximum atomic E-state index is 13.3. The van der Waals surface area contributed by atoms with E-state index in [1.165, 1.54) is 21.2 Å². The van der Waals surface area contributed by atoms with E-state index < -0.39 is 10.0 Å². The van der Waals surface area contributed by atoms with Gasteiger partial charge in [0.05, 0.1) is 15.3 Å². The minimum Gasteiger partial charge on any atom is -0.336 e. The van der Waals surface area contributed by atoms with E-state index in [0.29, 0.717) is 20.9 Å². The topological polar surface area (TPSA) is 74.8 Å². The van der Waals surface area contributed by atoms with Gasteiger partial charge in [-0.05, 0) is 60.0 Å². The number of ketones is 1. The van der Waals surface area contributed by atoms with Crippen molar-refractivity contribution < 1.29 is 18.0 Å². The van der Waals surface area contributed by atoms with Crippen LogP contribution in [0.4, 0.5) is 0 Å². The molecule has 0 unspecified atom stereocenters. The summed E-state index contributed by atoms with van der Waals surface area (Å²) in [5.74, 6) is -0.420. The summed E-state index contributed by atoms with van der Waals surface area (Å²) in [5.41, 5.74) is 3.08. The van der Waals surface area contributed by atoms with Crippen LogP contribution in [0.25, 0.3) is 0 Å². The van der Waals surface area contributed by atoms with E-state index in [-0.39, 0.29) is 37.9 Å². The molecule has 0 N–H and O–H groups in total. The van der Waals surface area contributed by atoms with E-state index >= 15 is 0 Å². The smallest absolute Gasteiger partial charge is 0.254 e. The summed E-state index contributed by atoms with van der Waals surface area (Å²) < 4.78 is 27.8. The van der Waals surface area contributed by atoms with E-state index in [1.54, 1.807) is 41.3 Å². The molecule has 0 atom stereocenters. The molecule has 1 fully saturated rings. The van der Waals surface area contributed by atoms with Gasteiger partial charge in [0.15, 0.2) is 0 Å². The highest BCUT2D eigenvalue weighted by atomic mass is 32.2. The van der Waals surface area contributed by atoms with Gasteiger partial charge in [0.1, 0.15) is 0 Å². The van der Waals surface area contributed by atoms with Crippen molar-refractivity contribution >= 4 is 33.1 Å². The van der Waals surface area contributed by atoms with Gasteiger partial charge < -0.3 is 4.90 Å². The van der Waals surface area contributed by atoms with Crippen molar-refractivity contribution in [3.63, 3.8) is 0 Å². The lowest BCUT2D eigenvalue weighted by molar-refractivity contribution is 0.0694. The second-order valence-electron chi connectivity index (χ2n) is 8.33. The zero-order chi connectivity index (χ0) is 23.0. The Bertz CT molecular complexity index is 1310. The number of sulfonamides is 1. The number of carbonyl (C=O) groups excluding carboxylic acids is 2. The molecule has 2 aliphatic rings. The van der Waals surface area contributed by atoms with Crippen molar-refractivity contribution in [2.45, 2.75) is 24.2 Å². The first-order valence-electron chi connectivity index (χ1n) is 11.0. The van der Waals surface area contributed by atoms with Crippen LogP contribution in [0.3, 0.4) is 0 Å². The summed E-state index contributed by atoms with van der Waals surface area (Å²) in [6.07, 6.45) is 2.99. The summed E-state index contributed by atoms with van der Waals surface area (Å²) in [6, 6.07) is 15.8. The predicted molar refractivity (Wildman–Crippen MR) is 127 cm³/mol. The van der Waals surface area contributed by atoms with Crippen LogP contribution in [-0.2, 0) is 22.9 Å². The lowest BCUT2D eigenvalue weighted by Gasteiger charge is -2.34. The van der Waals surface area contributed by atoms with Gasteiger partial charge in [0, 0.05) is 31.7 Å². The third-order valence-corrected chi connectivity index (χ3v) is 9.14. The number of benzene rings is 2. The fourth-order valence-corrected chi connectivity index (χ4v) is 6.72. The van der Waals surface area contributed by atoms with Gasteiger partial charge >= 0.3 is 0 Å². The van der Waals surface area contributed by atoms with Crippen molar-refractivity contribution in [2.75, 3.05) is 26.2 Å². The number of hydrogen-bond donors (Lipinski definition) is 0. The average Bonchev–Trinajstić information content (AvgIpc) is 3.55. The van der Waals surface area contributed by atoms with Crippen molar-refractivity contribution in [2.24, 2.45) is 0 Å². The van der Waals surface area contributed by atoms with E-state index in [2.05, 4.69) is 0 Å². The van der Waals surface area contributed by atoms with Crippen LogP contribution >= 0.6 is 11.3 Å². The molecule has 1 aromatic heterocycles. The van der Waals surface area contributed by atoms with Crippen LogP contribution in [0.2, 0.25) is 0 Å². The molecule has 170 valence electrons. The van der Waals surface area contributed by atoms with Crippen molar-refractivity contribution in [1.82, 2.24) is 9.21 Å². The van der Waals surface area contributed by atoms with Crippen LogP contribution in [0, 0.1) is 0 Å². The molecule has 33 heavy (non-hydrogen) atoms. The summed E-state index contributed by atoms with van der Waals surface area (Å²) in [5, 5.41) is 1.83. The molecular formula is C25H24N2O4S2. The van der Waals surface area contributed by atoms with Crippen molar-refractivity contribution in [3.05, 3.63) is 87.1 Å². The fourth-order valence-electron chi connectivity index (χ4n) is 4.57. The van der Waals surface area contributed by atoms with Gasteiger partial charge in [0.2, 0.25) is 15.8 Å². The zero-order valence-corrected chi connectivity index (χ0v) is 19.7. The number of piperazine rings is 1. The highest BCUT2D eigenvalue weighted by Crippen LogP contribution is 2.27. The molecule has 3 aromatic rings. The van der Waals surface area contributed by atoms with Gasteiger partial charge in [-0.2, -0.15) is 4.31 Å². The second kappa shape index (κ2) is 8.85. The Kier molecular flexibility index (Phi) is 5.90. The Balaban J connectivity index is 1.31. The molecule has 1 aliphatic heterocycles. The van der Waals surface area contributed by atoms with Gasteiger partial charge in [-0.1, -0.05) is 30.3 Å². The molecule has 1 aliphatic carbocycles. The summed E-state index contributed by atoms with van der Waals surface area (Å²) in [4.78, 5) is 28.7. The van der Waals surface area contributed by atoms with Crippen molar-refractivity contribution in [1.29, 1.82) is 0 Å². The van der Waals surface area contributed by atoms with Crippen LogP contribution in [0.5, 0.6) is 0 Å². The Morgan fingerprint density at radius 3 is 2.27 bits per heavy atom. The lowest BCUT2D eigenvalue weighted by atomic mass is 10.0. The Morgan fingerprint density at radius 1 is 0.818 bits per heavy atom. The van der Waals surface area contributed by atoms with Gasteiger partial charge in [-0.3, -0.25) is 9.59 Å². The monoisotopic (exact) mass is 480 g/mol. The predicted octanol–water partition coefficient (Wildman–Crippen LogP) is 3.61. The molecule has 1 amide bonds. The number of fused-ring (bicyclic) bond motifs is 1. The van der Waals surface area contributed by atoms with E-state index in [1.807, 2.05) is 23.6 Å². The Labute approximate surface area is 197 Å². The minimum atomic E-state index is -3.61. The van der Waals surface area contributed by atoms with Gasteiger partial charge in [-0.25, -0.2) is 8.42 Å². The van der Waals surface area contributed by atoms with Gasteiger partial charge in [-0.15, -0.1) is 11.3 Å². The van der Waals surface area contributed by atoms with Crippen LogP contribution in [0.15, 0.2) is 64.9 Å². The van der Waals surface area contributed by atoms with Gasteiger partial charge in [0.25, 0.3) is 5.91 Å². The molecular weight excluding hydrogens is 456 g/mol. The molecule has 6 nitrogen and oxygen atoms in total. The molecule has 8 heteroatoms. The Morgan fingerprint density at radius 2 is 1.55 bits per heavy atom. The standard InChI is InChI=1S/C25H24N2O4S2/c28-24(23-9-4-16-32-23)21-7-1-2-8-22(21)25(29)26-12-14-27(15-13-26)33(30,31)20-11-10-18-5-3-6-19(18)17-20/h1-2,4,7-11,16-17H,3,5-6,12-15H2. The molecule has 2 aromatic carbocycles. The highest BCUT2D eigenvalue weighted by Gasteiger charge is 2.32. The third-order valence-electron chi connectivity index (χ3n) is 6.38.